The van der Waals surface area contributed by atoms with Crippen LogP contribution in [0.15, 0.2) is 60.8 Å². The number of benzene rings is 2. The summed E-state index contributed by atoms with van der Waals surface area (Å²) >= 11 is 0. The van der Waals surface area contributed by atoms with Gasteiger partial charge in [-0.15, -0.1) is 0 Å². The van der Waals surface area contributed by atoms with Gasteiger partial charge in [0, 0.05) is 23.9 Å². The maximum atomic E-state index is 14.9. The fourth-order valence-electron chi connectivity index (χ4n) is 8.45. The van der Waals surface area contributed by atoms with E-state index in [9.17, 15) is 49.5 Å². The molecule has 2 aliphatic heterocycles. The highest BCUT2D eigenvalue weighted by Gasteiger charge is 2.64. The van der Waals surface area contributed by atoms with E-state index < -0.39 is 104 Å². The number of ether oxygens (including phenoxy) is 2. The monoisotopic (exact) mass is 875 g/mol. The zero-order valence-electron chi connectivity index (χ0n) is 33.6. The number of rotatable bonds is 9. The molecular formula is C42H46F5N5O8S. The van der Waals surface area contributed by atoms with Crippen LogP contribution >= 0.6 is 0 Å². The Morgan fingerprint density at radius 2 is 1.82 bits per heavy atom. The number of pyridine rings is 1. The van der Waals surface area contributed by atoms with Crippen LogP contribution in [-0.2, 0) is 30.6 Å². The predicted molar refractivity (Wildman–Crippen MR) is 211 cm³/mol. The van der Waals surface area contributed by atoms with Gasteiger partial charge in [0.1, 0.15) is 35.1 Å². The number of hydrogen-bond acceptors (Lipinski definition) is 9. The molecule has 3 N–H and O–H groups in total. The summed E-state index contributed by atoms with van der Waals surface area (Å²) in [7, 11) is -3.19. The van der Waals surface area contributed by atoms with Crippen molar-refractivity contribution in [1.82, 2.24) is 25.2 Å². The third-order valence-electron chi connectivity index (χ3n) is 12.3. The first-order valence-electron chi connectivity index (χ1n) is 20.0. The largest absolute Gasteiger partial charge is 0.494 e. The number of amides is 4. The fraction of sp³-hybridized carbons (Fsp3) is 0.500. The number of fused-ring (bicyclic) bond motifs is 3. The van der Waals surface area contributed by atoms with Crippen LogP contribution in [0.25, 0.3) is 10.8 Å². The van der Waals surface area contributed by atoms with Gasteiger partial charge in [-0.3, -0.25) is 23.9 Å². The molecule has 61 heavy (non-hydrogen) atoms. The minimum absolute atomic E-state index is 0.0111. The van der Waals surface area contributed by atoms with Crippen molar-refractivity contribution in [2.24, 2.45) is 17.8 Å². The average molecular weight is 876 g/mol. The van der Waals surface area contributed by atoms with Crippen LogP contribution in [0.1, 0.15) is 74.7 Å². The van der Waals surface area contributed by atoms with Crippen LogP contribution in [0.5, 0.6) is 11.6 Å². The van der Waals surface area contributed by atoms with Crippen LogP contribution in [0.2, 0.25) is 0 Å². The first kappa shape index (κ1) is 43.7. The van der Waals surface area contributed by atoms with E-state index in [4.69, 9.17) is 9.47 Å². The average Bonchev–Trinajstić information content (AvgIpc) is 4.12. The number of alkyl halides is 4. The van der Waals surface area contributed by atoms with Crippen LogP contribution in [0, 0.1) is 23.6 Å². The molecule has 328 valence electrons. The number of methoxy groups -OCH3 is 1. The smallest absolute Gasteiger partial charge is 0.417 e. The van der Waals surface area contributed by atoms with Crippen molar-refractivity contribution < 1.29 is 59.0 Å². The molecule has 2 aromatic carbocycles. The molecule has 4 aliphatic rings. The van der Waals surface area contributed by atoms with E-state index >= 15 is 0 Å². The molecular weight excluding hydrogens is 830 g/mol. The van der Waals surface area contributed by atoms with Crippen molar-refractivity contribution in [2.45, 2.75) is 93.4 Å². The number of nitrogens with one attached hydrogen (secondary N) is 3. The first-order chi connectivity index (χ1) is 28.8. The number of sulfonamides is 1. The Bertz CT molecular complexity index is 2380. The van der Waals surface area contributed by atoms with Gasteiger partial charge in [0.2, 0.25) is 27.7 Å². The Morgan fingerprint density at radius 3 is 2.51 bits per heavy atom. The number of hydrogen-bond donors (Lipinski definition) is 3. The van der Waals surface area contributed by atoms with Crippen molar-refractivity contribution in [3.8, 4) is 11.6 Å². The summed E-state index contributed by atoms with van der Waals surface area (Å²) in [6.07, 6.45) is 0.131. The van der Waals surface area contributed by atoms with Gasteiger partial charge in [0.15, 0.2) is 11.6 Å². The Kier molecular flexibility index (Phi) is 11.8. The summed E-state index contributed by atoms with van der Waals surface area (Å²) in [6.45, 7) is 2.05. The third-order valence-corrected chi connectivity index (χ3v) is 14.4. The standard InChI is InChI=1S/C42H46F5N5O8S/c1-23-8-4-5-9-26-20-41(26,39(56)51-61(57,58)40(22-43)13-14-40)50-36(54)32-18-27(60-37-29-19-31(44)33(59-3)17-25(29)12-15-48-37)21-52(32)38(55)34(24(2)16-23)49-35(53)28-10-6-7-11-30(28)42(45,46)47/h5-7,9-12,15,17,19,23-24,26-27,32,34H,4,8,13-14,16,18,20-22H2,1-3H3,(H,49,53)(H,50,54)(H,51,56)/t23-,24-,26-,27-,32+,34+,41-/m1/s1. The molecule has 2 aliphatic carbocycles. The zero-order valence-corrected chi connectivity index (χ0v) is 34.4. The molecule has 0 bridgehead atoms. The lowest BCUT2D eigenvalue weighted by Crippen LogP contribution is -2.59. The molecule has 13 nitrogen and oxygen atoms in total. The van der Waals surface area contributed by atoms with E-state index in [1.54, 1.807) is 25.1 Å². The van der Waals surface area contributed by atoms with Crippen molar-refractivity contribution in [3.63, 3.8) is 0 Å². The van der Waals surface area contributed by atoms with Crippen molar-refractivity contribution in [3.05, 3.63) is 77.8 Å². The molecule has 2 saturated carbocycles. The van der Waals surface area contributed by atoms with E-state index in [2.05, 4.69) is 15.6 Å². The molecule has 1 aromatic heterocycles. The molecule has 7 rings (SSSR count). The topological polar surface area (TPSA) is 173 Å². The molecule has 3 heterocycles. The van der Waals surface area contributed by atoms with Gasteiger partial charge in [-0.25, -0.2) is 22.2 Å². The van der Waals surface area contributed by atoms with E-state index in [0.717, 1.165) is 29.2 Å². The Morgan fingerprint density at radius 1 is 1.08 bits per heavy atom. The molecule has 1 saturated heterocycles. The van der Waals surface area contributed by atoms with Gasteiger partial charge in [0.25, 0.3) is 11.8 Å². The zero-order chi connectivity index (χ0) is 44.1. The molecule has 3 fully saturated rings. The lowest BCUT2D eigenvalue weighted by molar-refractivity contribution is -0.142. The van der Waals surface area contributed by atoms with Gasteiger partial charge in [-0.1, -0.05) is 38.1 Å². The Hall–Kier alpha value is -5.33. The number of carbonyl (C=O) groups is 4. The summed E-state index contributed by atoms with van der Waals surface area (Å²) in [5.41, 5.74) is -3.73. The van der Waals surface area contributed by atoms with Crippen LogP contribution < -0.4 is 24.8 Å². The lowest BCUT2D eigenvalue weighted by Gasteiger charge is -2.33. The van der Waals surface area contributed by atoms with Gasteiger partial charge in [-0.05, 0) is 86.1 Å². The maximum absolute atomic E-state index is 14.9. The van der Waals surface area contributed by atoms with Crippen molar-refractivity contribution >= 4 is 44.4 Å². The molecule has 0 radical (unpaired) electrons. The fourth-order valence-corrected chi connectivity index (χ4v) is 9.88. The molecule has 3 aromatic rings. The van der Waals surface area contributed by atoms with Gasteiger partial charge >= 0.3 is 6.18 Å². The van der Waals surface area contributed by atoms with Gasteiger partial charge in [-0.2, -0.15) is 13.2 Å². The number of carbonyl (C=O) groups excluding carboxylic acids is 4. The molecule has 4 amide bonds. The van der Waals surface area contributed by atoms with Crippen LogP contribution in [-0.4, -0.2) is 90.7 Å². The summed E-state index contributed by atoms with van der Waals surface area (Å²) in [6, 6.07) is 5.43. The van der Waals surface area contributed by atoms with Crippen molar-refractivity contribution in [1.29, 1.82) is 0 Å². The van der Waals surface area contributed by atoms with E-state index in [1.807, 2.05) is 11.6 Å². The summed E-state index contributed by atoms with van der Waals surface area (Å²) in [4.78, 5) is 62.5. The maximum Gasteiger partial charge on any atom is 0.417 e. The van der Waals surface area contributed by atoms with Crippen LogP contribution in [0.4, 0.5) is 22.0 Å². The summed E-state index contributed by atoms with van der Waals surface area (Å²) < 4.78 is 109. The molecule has 0 unspecified atom stereocenters. The minimum Gasteiger partial charge on any atom is -0.494 e. The second-order valence-electron chi connectivity index (χ2n) is 16.6. The summed E-state index contributed by atoms with van der Waals surface area (Å²) in [5.74, 6) is -6.20. The highest BCUT2D eigenvalue weighted by molar-refractivity contribution is 7.91. The molecule has 7 atom stereocenters. The van der Waals surface area contributed by atoms with Gasteiger partial charge < -0.3 is 25.0 Å². The minimum atomic E-state index is -4.90. The van der Waals surface area contributed by atoms with E-state index in [1.165, 1.54) is 25.4 Å². The summed E-state index contributed by atoms with van der Waals surface area (Å²) in [5, 5.41) is 5.97. The third kappa shape index (κ3) is 8.62. The first-order valence-corrected chi connectivity index (χ1v) is 21.5. The van der Waals surface area contributed by atoms with Crippen molar-refractivity contribution in [2.75, 3.05) is 20.3 Å². The number of allylic oxidation sites excluding steroid dienone is 1. The van der Waals surface area contributed by atoms with Crippen LogP contribution in [0.3, 0.4) is 0 Å². The van der Waals surface area contributed by atoms with Gasteiger partial charge in [0.05, 0.1) is 24.8 Å². The normalized spacial score (nSPS) is 27.8. The molecule has 19 heteroatoms. The SMILES string of the molecule is COc1cc2ccnc(O[C@@H]3C[C@H]4C(=O)N[C@]5(C(=O)NS(=O)(=O)C6(CF)CC6)C[C@H]5C=CCC[C@@H](C)C[C@@H](C)[C@H](NC(=O)c5ccccc5C(F)(F)F)C(=O)N4C3)c2cc1F. The highest BCUT2D eigenvalue weighted by Crippen LogP contribution is 2.48. The lowest BCUT2D eigenvalue weighted by atomic mass is 9.87. The number of nitrogens with zero attached hydrogens (tertiary/aromatic N) is 2. The Labute approximate surface area is 348 Å². The molecule has 0 spiro atoms. The quantitative estimate of drug-likeness (QED) is 0.189. The van der Waals surface area contributed by atoms with E-state index in [-0.39, 0.29) is 55.2 Å². The second kappa shape index (κ2) is 16.5. The number of halogens is 5. The number of aromatic nitrogens is 1. The highest BCUT2D eigenvalue weighted by atomic mass is 32.2. The van der Waals surface area contributed by atoms with E-state index in [0.29, 0.717) is 24.6 Å². The second-order valence-corrected chi connectivity index (χ2v) is 18.7. The predicted octanol–water partition coefficient (Wildman–Crippen LogP) is 5.38. The Balaban J connectivity index is 1.26.